The summed E-state index contributed by atoms with van der Waals surface area (Å²) in [6.07, 6.45) is 2.70. The molecule has 3 aromatic rings. The molecule has 0 aliphatic carbocycles. The number of carbonyl (C=O) groups excluding carboxylic acids is 1. The van der Waals surface area contributed by atoms with Gasteiger partial charge in [-0.3, -0.25) is 0 Å². The number of likely N-dealkylation sites (tertiary alicyclic amines) is 1. The molecule has 2 aromatic carbocycles. The predicted molar refractivity (Wildman–Crippen MR) is 117 cm³/mol. The van der Waals surface area contributed by atoms with Crippen molar-refractivity contribution < 1.29 is 19.0 Å². The van der Waals surface area contributed by atoms with Gasteiger partial charge in [0.25, 0.3) is 0 Å². The number of carbonyl (C=O) groups is 1. The van der Waals surface area contributed by atoms with Gasteiger partial charge in [0.15, 0.2) is 0 Å². The second-order valence-electron chi connectivity index (χ2n) is 7.48. The molecule has 158 valence electrons. The third-order valence-electron chi connectivity index (χ3n) is 5.51. The van der Waals surface area contributed by atoms with Gasteiger partial charge in [0.2, 0.25) is 0 Å². The van der Waals surface area contributed by atoms with Crippen LogP contribution < -0.4 is 9.47 Å². The Balaban J connectivity index is 1.18. The largest absolute Gasteiger partial charge is 0.497 e. The van der Waals surface area contributed by atoms with E-state index >= 15 is 0 Å². The number of methoxy groups -OCH3 is 1. The minimum atomic E-state index is -0.245. The molecular weight excluding hydrogens is 400 g/mol. The van der Waals surface area contributed by atoms with E-state index in [1.54, 1.807) is 17.5 Å². The molecule has 0 atom stereocenters. The summed E-state index contributed by atoms with van der Waals surface area (Å²) in [7, 11) is 1.68. The summed E-state index contributed by atoms with van der Waals surface area (Å²) in [5.74, 6) is 2.31. The first-order valence-electron chi connectivity index (χ1n) is 10.2. The SMILES string of the molecule is COc1ccc2cc(OCCC3CCN(C(=O)OCc4cscn4)CC3)ccc2c1. The molecule has 1 aliphatic rings. The standard InChI is InChI=1S/C23H26N2O4S/c1-27-21-4-2-19-13-22(5-3-18(19)12-21)28-11-8-17-6-9-25(10-7-17)23(26)29-14-20-15-30-16-24-20/h2-5,12-13,15-17H,6-11,14H2,1H3. The fourth-order valence-corrected chi connectivity index (χ4v) is 4.25. The second-order valence-corrected chi connectivity index (χ2v) is 8.20. The highest BCUT2D eigenvalue weighted by atomic mass is 32.1. The lowest BCUT2D eigenvalue weighted by Gasteiger charge is -2.31. The van der Waals surface area contributed by atoms with Crippen LogP contribution in [0.2, 0.25) is 0 Å². The second kappa shape index (κ2) is 9.80. The highest BCUT2D eigenvalue weighted by Gasteiger charge is 2.23. The van der Waals surface area contributed by atoms with Crippen molar-refractivity contribution in [1.82, 2.24) is 9.88 Å². The van der Waals surface area contributed by atoms with Crippen LogP contribution in [0.3, 0.4) is 0 Å². The molecule has 0 N–H and O–H groups in total. The molecule has 2 heterocycles. The Labute approximate surface area is 180 Å². The number of rotatable bonds is 7. The molecule has 1 saturated heterocycles. The van der Waals surface area contributed by atoms with Crippen molar-refractivity contribution in [3.8, 4) is 11.5 Å². The van der Waals surface area contributed by atoms with Crippen LogP contribution >= 0.6 is 11.3 Å². The zero-order valence-corrected chi connectivity index (χ0v) is 17.9. The molecule has 0 saturated carbocycles. The average molecular weight is 427 g/mol. The van der Waals surface area contributed by atoms with Gasteiger partial charge in [0.1, 0.15) is 18.1 Å². The Morgan fingerprint density at radius 3 is 2.57 bits per heavy atom. The van der Waals surface area contributed by atoms with E-state index in [1.807, 2.05) is 29.6 Å². The highest BCUT2D eigenvalue weighted by molar-refractivity contribution is 7.07. The van der Waals surface area contributed by atoms with Crippen LogP contribution in [0.25, 0.3) is 10.8 Å². The monoisotopic (exact) mass is 426 g/mol. The van der Waals surface area contributed by atoms with Crippen LogP contribution in [0.1, 0.15) is 25.0 Å². The van der Waals surface area contributed by atoms with Gasteiger partial charge in [0.05, 0.1) is 24.9 Å². The Morgan fingerprint density at radius 2 is 1.87 bits per heavy atom. The highest BCUT2D eigenvalue weighted by Crippen LogP contribution is 2.26. The smallest absolute Gasteiger partial charge is 0.410 e. The number of amides is 1. The summed E-state index contributed by atoms with van der Waals surface area (Å²) in [5.41, 5.74) is 2.54. The number of hydrogen-bond acceptors (Lipinski definition) is 6. The number of ether oxygens (including phenoxy) is 3. The van der Waals surface area contributed by atoms with Gasteiger partial charge in [0, 0.05) is 18.5 Å². The van der Waals surface area contributed by atoms with E-state index in [9.17, 15) is 4.79 Å². The summed E-state index contributed by atoms with van der Waals surface area (Å²) < 4.78 is 16.6. The van der Waals surface area contributed by atoms with E-state index in [0.717, 1.165) is 60.3 Å². The lowest BCUT2D eigenvalue weighted by molar-refractivity contribution is 0.0792. The topological polar surface area (TPSA) is 60.9 Å². The van der Waals surface area contributed by atoms with E-state index in [4.69, 9.17) is 14.2 Å². The first-order valence-corrected chi connectivity index (χ1v) is 11.1. The van der Waals surface area contributed by atoms with Gasteiger partial charge >= 0.3 is 6.09 Å². The molecule has 1 amide bonds. The van der Waals surface area contributed by atoms with Crippen LogP contribution in [-0.4, -0.2) is 42.8 Å². The molecular formula is C23H26N2O4S. The first-order chi connectivity index (χ1) is 14.7. The maximum absolute atomic E-state index is 12.2. The number of aromatic nitrogens is 1. The van der Waals surface area contributed by atoms with Crippen molar-refractivity contribution in [3.05, 3.63) is 53.0 Å². The van der Waals surface area contributed by atoms with Crippen LogP contribution in [-0.2, 0) is 11.3 Å². The van der Waals surface area contributed by atoms with Crippen molar-refractivity contribution in [2.75, 3.05) is 26.8 Å². The molecule has 0 spiro atoms. The van der Waals surface area contributed by atoms with E-state index in [2.05, 4.69) is 17.1 Å². The van der Waals surface area contributed by atoms with Crippen molar-refractivity contribution in [1.29, 1.82) is 0 Å². The molecule has 7 heteroatoms. The van der Waals surface area contributed by atoms with E-state index < -0.39 is 0 Å². The predicted octanol–water partition coefficient (Wildman–Crippen LogP) is 5.12. The summed E-state index contributed by atoms with van der Waals surface area (Å²) in [6.45, 7) is 2.39. The van der Waals surface area contributed by atoms with E-state index in [-0.39, 0.29) is 12.7 Å². The molecule has 4 rings (SSSR count). The zero-order valence-electron chi connectivity index (χ0n) is 17.1. The third kappa shape index (κ3) is 5.21. The van der Waals surface area contributed by atoms with Gasteiger partial charge < -0.3 is 19.1 Å². The van der Waals surface area contributed by atoms with Crippen LogP contribution in [0.4, 0.5) is 4.79 Å². The van der Waals surface area contributed by atoms with Crippen LogP contribution in [0, 0.1) is 5.92 Å². The lowest BCUT2D eigenvalue weighted by Crippen LogP contribution is -2.39. The minimum absolute atomic E-state index is 0.245. The van der Waals surface area contributed by atoms with Gasteiger partial charge in [-0.05, 0) is 60.2 Å². The quantitative estimate of drug-likeness (QED) is 0.525. The number of fused-ring (bicyclic) bond motifs is 1. The fourth-order valence-electron chi connectivity index (χ4n) is 3.70. The van der Waals surface area contributed by atoms with Crippen LogP contribution in [0.15, 0.2) is 47.3 Å². The normalized spacial score (nSPS) is 14.6. The van der Waals surface area contributed by atoms with Crippen molar-refractivity contribution in [3.63, 3.8) is 0 Å². The van der Waals surface area contributed by atoms with Gasteiger partial charge in [-0.25, -0.2) is 9.78 Å². The van der Waals surface area contributed by atoms with Crippen molar-refractivity contribution in [2.24, 2.45) is 5.92 Å². The van der Waals surface area contributed by atoms with E-state index in [1.165, 1.54) is 11.3 Å². The molecule has 1 aromatic heterocycles. The molecule has 0 bridgehead atoms. The maximum Gasteiger partial charge on any atom is 0.410 e. The molecule has 1 aliphatic heterocycles. The Morgan fingerprint density at radius 1 is 1.13 bits per heavy atom. The van der Waals surface area contributed by atoms with Crippen LogP contribution in [0.5, 0.6) is 11.5 Å². The molecule has 30 heavy (non-hydrogen) atoms. The molecule has 0 unspecified atom stereocenters. The van der Waals surface area contributed by atoms with Gasteiger partial charge in [-0.1, -0.05) is 12.1 Å². The Hall–Kier alpha value is -2.80. The van der Waals surface area contributed by atoms with Gasteiger partial charge in [-0.2, -0.15) is 0 Å². The Kier molecular flexibility index (Phi) is 6.69. The number of piperidine rings is 1. The summed E-state index contributed by atoms with van der Waals surface area (Å²) in [4.78, 5) is 18.1. The Bertz CT molecular complexity index is 969. The maximum atomic E-state index is 12.2. The molecule has 6 nitrogen and oxygen atoms in total. The van der Waals surface area contributed by atoms with E-state index in [0.29, 0.717) is 12.5 Å². The fraction of sp³-hybridized carbons (Fsp3) is 0.391. The summed E-state index contributed by atoms with van der Waals surface area (Å²) >= 11 is 1.50. The summed E-state index contributed by atoms with van der Waals surface area (Å²) in [6, 6.07) is 12.2. The molecule has 0 radical (unpaired) electrons. The lowest BCUT2D eigenvalue weighted by atomic mass is 9.94. The number of benzene rings is 2. The third-order valence-corrected chi connectivity index (χ3v) is 6.15. The van der Waals surface area contributed by atoms with Gasteiger partial charge in [-0.15, -0.1) is 11.3 Å². The van der Waals surface area contributed by atoms with Crippen molar-refractivity contribution in [2.45, 2.75) is 25.9 Å². The number of nitrogens with zero attached hydrogens (tertiary/aromatic N) is 2. The zero-order chi connectivity index (χ0) is 20.8. The minimum Gasteiger partial charge on any atom is -0.497 e. The van der Waals surface area contributed by atoms with Crippen molar-refractivity contribution >= 4 is 28.2 Å². The molecule has 1 fully saturated rings. The number of thiazole rings is 1. The average Bonchev–Trinajstić information content (AvgIpc) is 3.31. The summed E-state index contributed by atoms with van der Waals surface area (Å²) in [5, 5.41) is 4.17. The first kappa shape index (κ1) is 20.5. The number of hydrogen-bond donors (Lipinski definition) is 0.